The van der Waals surface area contributed by atoms with Crippen molar-refractivity contribution in [2.75, 3.05) is 25.5 Å². The molecule has 0 saturated carbocycles. The molecule has 2 aromatic carbocycles. The number of hydrazine groups is 1. The number of anilines is 1. The van der Waals surface area contributed by atoms with Crippen LogP contribution in [0.5, 0.6) is 11.5 Å². The van der Waals surface area contributed by atoms with Crippen LogP contribution >= 0.6 is 0 Å². The predicted octanol–water partition coefficient (Wildman–Crippen LogP) is 0.812. The summed E-state index contributed by atoms with van der Waals surface area (Å²) in [6.45, 7) is 0.462. The van der Waals surface area contributed by atoms with Crippen molar-refractivity contribution in [1.29, 1.82) is 0 Å². The monoisotopic (exact) mass is 420 g/mol. The molecule has 0 bridgehead atoms. The summed E-state index contributed by atoms with van der Waals surface area (Å²) in [7, 11) is -0.768. The molecule has 1 heterocycles. The van der Waals surface area contributed by atoms with Gasteiger partial charge in [-0.1, -0.05) is 12.1 Å². The molecule has 2 aromatic rings. The van der Waals surface area contributed by atoms with Crippen molar-refractivity contribution in [2.45, 2.75) is 11.9 Å². The molecular formula is C19H24N4O5S. The van der Waals surface area contributed by atoms with E-state index in [2.05, 4.69) is 20.9 Å². The third-order valence-corrected chi connectivity index (χ3v) is 6.19. The Labute approximate surface area is 169 Å². The summed E-state index contributed by atoms with van der Waals surface area (Å²) in [6, 6.07) is 13.8. The summed E-state index contributed by atoms with van der Waals surface area (Å²) >= 11 is 0. The molecule has 29 heavy (non-hydrogen) atoms. The van der Waals surface area contributed by atoms with Gasteiger partial charge in [0.05, 0.1) is 20.1 Å². The van der Waals surface area contributed by atoms with Crippen LogP contribution in [0.25, 0.3) is 0 Å². The van der Waals surface area contributed by atoms with Crippen molar-refractivity contribution in [3.8, 4) is 11.5 Å². The number of carbonyl (C=O) groups is 1. The summed E-state index contributed by atoms with van der Waals surface area (Å²) in [6.07, 6.45) is 0. The van der Waals surface area contributed by atoms with Gasteiger partial charge in [0.15, 0.2) is 5.37 Å². The van der Waals surface area contributed by atoms with Crippen LogP contribution in [-0.4, -0.2) is 40.5 Å². The highest BCUT2D eigenvalue weighted by Gasteiger charge is 2.41. The standard InChI is InChI=1S/C19H24N4O5S/c1-27-15-8-6-14(7-9-15)23-29(25,26)19-17(12-21-22-19)18(24)20-11-13-4-3-5-16(10-13)28-2/h3-10,17,19,21-23H,11-12H2,1-2H3,(H,20,24). The van der Waals surface area contributed by atoms with Crippen LogP contribution < -0.4 is 30.4 Å². The van der Waals surface area contributed by atoms with Gasteiger partial charge in [0.1, 0.15) is 11.5 Å². The lowest BCUT2D eigenvalue weighted by atomic mass is 10.1. The highest BCUT2D eigenvalue weighted by molar-refractivity contribution is 7.93. The van der Waals surface area contributed by atoms with Crippen molar-refractivity contribution >= 4 is 21.6 Å². The lowest BCUT2D eigenvalue weighted by Gasteiger charge is -2.19. The van der Waals surface area contributed by atoms with Crippen LogP contribution in [0.2, 0.25) is 0 Å². The van der Waals surface area contributed by atoms with Crippen molar-refractivity contribution < 1.29 is 22.7 Å². The molecular weight excluding hydrogens is 396 g/mol. The molecule has 2 unspecified atom stereocenters. The molecule has 9 nitrogen and oxygen atoms in total. The van der Waals surface area contributed by atoms with E-state index in [1.807, 2.05) is 24.3 Å². The first-order valence-electron chi connectivity index (χ1n) is 8.97. The highest BCUT2D eigenvalue weighted by atomic mass is 32.2. The number of benzene rings is 2. The minimum absolute atomic E-state index is 0.193. The van der Waals surface area contributed by atoms with Crippen LogP contribution in [0, 0.1) is 5.92 Å². The van der Waals surface area contributed by atoms with Gasteiger partial charge in [-0.05, 0) is 42.0 Å². The second-order valence-electron chi connectivity index (χ2n) is 6.50. The zero-order valence-electron chi connectivity index (χ0n) is 16.1. The molecule has 1 saturated heterocycles. The minimum atomic E-state index is -3.87. The normalized spacial score (nSPS) is 18.8. The summed E-state index contributed by atoms with van der Waals surface area (Å²) < 4.78 is 38.3. The van der Waals surface area contributed by atoms with Crippen molar-refractivity contribution in [3.63, 3.8) is 0 Å². The van der Waals surface area contributed by atoms with Crippen molar-refractivity contribution in [2.24, 2.45) is 5.92 Å². The van der Waals surface area contributed by atoms with Gasteiger partial charge < -0.3 is 14.8 Å². The maximum absolute atomic E-state index is 12.8. The summed E-state index contributed by atoms with van der Waals surface area (Å²) in [4.78, 5) is 12.6. The van der Waals surface area contributed by atoms with E-state index in [1.54, 1.807) is 31.4 Å². The highest BCUT2D eigenvalue weighted by Crippen LogP contribution is 2.21. The maximum atomic E-state index is 12.8. The van der Waals surface area contributed by atoms with Gasteiger partial charge in [-0.3, -0.25) is 14.9 Å². The van der Waals surface area contributed by atoms with E-state index in [9.17, 15) is 13.2 Å². The van der Waals surface area contributed by atoms with Gasteiger partial charge >= 0.3 is 0 Å². The molecule has 1 fully saturated rings. The lowest BCUT2D eigenvalue weighted by molar-refractivity contribution is -0.124. The average molecular weight is 420 g/mol. The Kier molecular flexibility index (Phi) is 6.57. The van der Waals surface area contributed by atoms with E-state index in [-0.39, 0.29) is 19.0 Å². The Morgan fingerprint density at radius 2 is 1.83 bits per heavy atom. The molecule has 0 aliphatic carbocycles. The van der Waals surface area contributed by atoms with Gasteiger partial charge in [-0.2, -0.15) is 0 Å². The van der Waals surface area contributed by atoms with E-state index >= 15 is 0 Å². The van der Waals surface area contributed by atoms with Crippen LogP contribution in [0.1, 0.15) is 5.56 Å². The van der Waals surface area contributed by atoms with Gasteiger partial charge in [0.2, 0.25) is 5.91 Å². The molecule has 1 aliphatic heterocycles. The number of amides is 1. The van der Waals surface area contributed by atoms with Crippen molar-refractivity contribution in [3.05, 3.63) is 54.1 Å². The van der Waals surface area contributed by atoms with Gasteiger partial charge in [-0.15, -0.1) is 0 Å². The zero-order valence-corrected chi connectivity index (χ0v) is 17.0. The quantitative estimate of drug-likeness (QED) is 0.499. The Bertz CT molecular complexity index is 949. The number of hydrogen-bond acceptors (Lipinski definition) is 7. The van der Waals surface area contributed by atoms with Crippen molar-refractivity contribution in [1.82, 2.24) is 16.2 Å². The van der Waals surface area contributed by atoms with Gasteiger partial charge in [-0.25, -0.2) is 13.8 Å². The molecule has 4 N–H and O–H groups in total. The Hall–Kier alpha value is -2.82. The number of hydrogen-bond donors (Lipinski definition) is 4. The number of rotatable bonds is 8. The largest absolute Gasteiger partial charge is 0.497 e. The number of methoxy groups -OCH3 is 2. The van der Waals surface area contributed by atoms with Gasteiger partial charge in [0.25, 0.3) is 10.0 Å². The Morgan fingerprint density at radius 1 is 1.10 bits per heavy atom. The SMILES string of the molecule is COc1ccc(NS(=O)(=O)C2NNCC2C(=O)NCc2cccc(OC)c2)cc1. The minimum Gasteiger partial charge on any atom is -0.497 e. The smallest absolute Gasteiger partial charge is 0.250 e. The Balaban J connectivity index is 1.64. The number of sulfonamides is 1. The van der Waals surface area contributed by atoms with E-state index in [0.717, 1.165) is 5.56 Å². The van der Waals surface area contributed by atoms with E-state index < -0.39 is 21.3 Å². The van der Waals surface area contributed by atoms with E-state index in [0.29, 0.717) is 17.2 Å². The van der Waals surface area contributed by atoms with Crippen LogP contribution in [0.3, 0.4) is 0 Å². The third kappa shape index (κ3) is 5.17. The fourth-order valence-corrected chi connectivity index (χ4v) is 4.47. The molecule has 0 radical (unpaired) electrons. The zero-order chi connectivity index (χ0) is 20.9. The van der Waals surface area contributed by atoms with E-state index in [1.165, 1.54) is 7.11 Å². The molecule has 1 amide bonds. The molecule has 0 spiro atoms. The lowest BCUT2D eigenvalue weighted by Crippen LogP contribution is -2.46. The molecule has 0 aromatic heterocycles. The predicted molar refractivity (Wildman–Crippen MR) is 109 cm³/mol. The average Bonchev–Trinajstić information content (AvgIpc) is 3.24. The molecule has 2 atom stereocenters. The third-order valence-electron chi connectivity index (χ3n) is 4.55. The topological polar surface area (TPSA) is 118 Å². The maximum Gasteiger partial charge on any atom is 0.250 e. The summed E-state index contributed by atoms with van der Waals surface area (Å²) in [5, 5.41) is 1.67. The van der Waals surface area contributed by atoms with Crippen LogP contribution in [0.15, 0.2) is 48.5 Å². The Morgan fingerprint density at radius 3 is 2.52 bits per heavy atom. The fourth-order valence-electron chi connectivity index (χ4n) is 2.99. The number of carbonyl (C=O) groups excluding carboxylic acids is 1. The second-order valence-corrected chi connectivity index (χ2v) is 8.30. The number of ether oxygens (including phenoxy) is 2. The summed E-state index contributed by atoms with van der Waals surface area (Å²) in [5.41, 5.74) is 6.68. The molecule has 3 rings (SSSR count). The van der Waals surface area contributed by atoms with Crippen LogP contribution in [0.4, 0.5) is 5.69 Å². The first-order chi connectivity index (χ1) is 13.9. The number of nitrogens with one attached hydrogen (secondary N) is 4. The fraction of sp³-hybridized carbons (Fsp3) is 0.316. The van der Waals surface area contributed by atoms with Crippen LogP contribution in [-0.2, 0) is 21.4 Å². The first kappa shape index (κ1) is 20.9. The second kappa shape index (κ2) is 9.12. The molecule has 10 heteroatoms. The molecule has 156 valence electrons. The van der Waals surface area contributed by atoms with Gasteiger partial charge in [0, 0.05) is 18.8 Å². The summed E-state index contributed by atoms with van der Waals surface area (Å²) in [5.74, 6) is 0.139. The molecule has 1 aliphatic rings. The van der Waals surface area contributed by atoms with E-state index in [4.69, 9.17) is 9.47 Å². The first-order valence-corrected chi connectivity index (χ1v) is 10.5.